The summed E-state index contributed by atoms with van der Waals surface area (Å²) in [6.07, 6.45) is 3.36. The Morgan fingerprint density at radius 1 is 1.16 bits per heavy atom. The van der Waals surface area contributed by atoms with Crippen LogP contribution in [-0.4, -0.2) is 29.6 Å². The second kappa shape index (κ2) is 2.85. The molecule has 0 aromatic rings. The summed E-state index contributed by atoms with van der Waals surface area (Å²) in [6, 6.07) is 0. The summed E-state index contributed by atoms with van der Waals surface area (Å²) in [6.45, 7) is 6.38. The van der Waals surface area contributed by atoms with Gasteiger partial charge in [-0.1, -0.05) is 13.8 Å². The van der Waals surface area contributed by atoms with Crippen molar-refractivity contribution in [3.63, 3.8) is 0 Å². The Bertz CT molecular complexity index is 610. The van der Waals surface area contributed by atoms with Gasteiger partial charge in [-0.2, -0.15) is 0 Å². The molecule has 0 unspecified atom stereocenters. The van der Waals surface area contributed by atoms with Gasteiger partial charge in [-0.05, 0) is 36.8 Å². The molecule has 0 aromatic heterocycles. The first-order valence-electron chi connectivity index (χ1n) is 6.65. The minimum Gasteiger partial charge on any atom is -0.457 e. The highest BCUT2D eigenvalue weighted by Gasteiger charge is 2.81. The van der Waals surface area contributed by atoms with Gasteiger partial charge in [-0.25, -0.2) is 4.79 Å². The van der Waals surface area contributed by atoms with Gasteiger partial charge in [0.05, 0.1) is 11.1 Å². The summed E-state index contributed by atoms with van der Waals surface area (Å²) in [5, 5.41) is 0. The van der Waals surface area contributed by atoms with Crippen LogP contribution in [-0.2, 0) is 19.1 Å². The van der Waals surface area contributed by atoms with E-state index in [0.717, 1.165) is 18.4 Å². The lowest BCUT2D eigenvalue weighted by atomic mass is 9.86. The zero-order valence-corrected chi connectivity index (χ0v) is 11.3. The number of rotatable bonds is 0. The standard InChI is InChI=1S/C15H16O4/c1-8-4-9-10(5-18-12(9)17)11(16)15-7-13(2,3)6-14(8,15)19-15/h4H,5-7H2,1-3H3/t14-,15+/m1/s1. The number of ether oxygens (including phenoxy) is 2. The number of carbonyl (C=O) groups is 2. The molecule has 2 aliphatic carbocycles. The Hall–Kier alpha value is -1.42. The molecule has 4 rings (SSSR count). The monoisotopic (exact) mass is 260 g/mol. The van der Waals surface area contributed by atoms with Gasteiger partial charge >= 0.3 is 5.97 Å². The van der Waals surface area contributed by atoms with Crippen molar-refractivity contribution in [2.75, 3.05) is 6.61 Å². The molecule has 2 atom stereocenters. The predicted molar refractivity (Wildman–Crippen MR) is 66.3 cm³/mol. The lowest BCUT2D eigenvalue weighted by molar-refractivity contribution is -0.135. The Kier molecular flexibility index (Phi) is 1.71. The molecule has 100 valence electrons. The molecule has 2 fully saturated rings. The molecule has 0 bridgehead atoms. The number of esters is 1. The zero-order valence-electron chi connectivity index (χ0n) is 11.3. The number of ketones is 1. The van der Waals surface area contributed by atoms with Gasteiger partial charge in [-0.3, -0.25) is 4.79 Å². The van der Waals surface area contributed by atoms with Crippen LogP contribution in [0.2, 0.25) is 0 Å². The minimum absolute atomic E-state index is 0.0352. The van der Waals surface area contributed by atoms with E-state index in [-0.39, 0.29) is 23.8 Å². The van der Waals surface area contributed by atoms with Gasteiger partial charge < -0.3 is 9.47 Å². The topological polar surface area (TPSA) is 55.9 Å². The van der Waals surface area contributed by atoms with Crippen LogP contribution in [0.4, 0.5) is 0 Å². The molecule has 1 saturated heterocycles. The molecule has 0 radical (unpaired) electrons. The maximum atomic E-state index is 12.8. The highest BCUT2D eigenvalue weighted by atomic mass is 16.6. The summed E-state index contributed by atoms with van der Waals surface area (Å²) < 4.78 is 11.0. The molecule has 19 heavy (non-hydrogen) atoms. The van der Waals surface area contributed by atoms with E-state index in [0.29, 0.717) is 11.1 Å². The van der Waals surface area contributed by atoms with Crippen molar-refractivity contribution in [2.24, 2.45) is 5.41 Å². The van der Waals surface area contributed by atoms with Crippen molar-refractivity contribution < 1.29 is 19.1 Å². The van der Waals surface area contributed by atoms with Crippen molar-refractivity contribution >= 4 is 11.8 Å². The fourth-order valence-corrected chi connectivity index (χ4v) is 4.22. The largest absolute Gasteiger partial charge is 0.457 e. The van der Waals surface area contributed by atoms with Crippen molar-refractivity contribution in [1.29, 1.82) is 0 Å². The average Bonchev–Trinajstić information content (AvgIpc) is 2.68. The third-order valence-corrected chi connectivity index (χ3v) is 4.95. The molecule has 2 heterocycles. The fraction of sp³-hybridized carbons (Fsp3) is 0.600. The second-order valence-electron chi connectivity index (χ2n) is 6.90. The molecule has 0 spiro atoms. The van der Waals surface area contributed by atoms with Crippen LogP contribution in [0.1, 0.15) is 33.6 Å². The smallest absolute Gasteiger partial charge is 0.339 e. The maximum Gasteiger partial charge on any atom is 0.339 e. The highest BCUT2D eigenvalue weighted by molar-refractivity contribution is 6.14. The van der Waals surface area contributed by atoms with Crippen molar-refractivity contribution in [1.82, 2.24) is 0 Å². The number of epoxide rings is 1. The summed E-state index contributed by atoms with van der Waals surface area (Å²) in [7, 11) is 0. The molecule has 4 heteroatoms. The number of Topliss-reactive ketones (excluding diaryl/α,β-unsaturated/α-hetero) is 1. The third kappa shape index (κ3) is 1.10. The molecule has 0 aromatic carbocycles. The van der Waals surface area contributed by atoms with Crippen molar-refractivity contribution in [2.45, 2.75) is 44.8 Å². The van der Waals surface area contributed by atoms with Crippen LogP contribution in [0.3, 0.4) is 0 Å². The molecule has 0 N–H and O–H groups in total. The zero-order chi connectivity index (χ0) is 13.6. The van der Waals surface area contributed by atoms with Crippen molar-refractivity contribution in [3.8, 4) is 0 Å². The lowest BCUT2D eigenvalue weighted by Crippen LogP contribution is -2.31. The van der Waals surface area contributed by atoms with E-state index < -0.39 is 11.2 Å². The summed E-state index contributed by atoms with van der Waals surface area (Å²) in [5.41, 5.74) is 0.804. The number of carbonyl (C=O) groups excluding carboxylic acids is 2. The van der Waals surface area contributed by atoms with Gasteiger partial charge in [-0.15, -0.1) is 0 Å². The van der Waals surface area contributed by atoms with Gasteiger partial charge in [0.25, 0.3) is 0 Å². The highest BCUT2D eigenvalue weighted by Crippen LogP contribution is 2.70. The van der Waals surface area contributed by atoms with Gasteiger partial charge in [0.15, 0.2) is 11.4 Å². The van der Waals surface area contributed by atoms with Gasteiger partial charge in [0, 0.05) is 0 Å². The molecule has 4 aliphatic rings. The Labute approximate surface area is 111 Å². The van der Waals surface area contributed by atoms with E-state index in [2.05, 4.69) is 13.8 Å². The predicted octanol–water partition coefficient (Wildman–Crippen LogP) is 1.70. The normalized spacial score (nSPS) is 42.2. The molecule has 1 saturated carbocycles. The van der Waals surface area contributed by atoms with E-state index in [4.69, 9.17) is 9.47 Å². The summed E-state index contributed by atoms with van der Waals surface area (Å²) in [4.78, 5) is 24.5. The van der Waals surface area contributed by atoms with E-state index in [1.54, 1.807) is 6.08 Å². The minimum atomic E-state index is -0.734. The van der Waals surface area contributed by atoms with Crippen molar-refractivity contribution in [3.05, 3.63) is 22.8 Å². The maximum absolute atomic E-state index is 12.8. The van der Waals surface area contributed by atoms with E-state index in [1.807, 2.05) is 6.92 Å². The van der Waals surface area contributed by atoms with Gasteiger partial charge in [0.2, 0.25) is 0 Å². The first kappa shape index (κ1) is 11.4. The fourth-order valence-electron chi connectivity index (χ4n) is 4.22. The second-order valence-corrected chi connectivity index (χ2v) is 6.90. The molecular formula is C15H16O4. The lowest BCUT2D eigenvalue weighted by Gasteiger charge is -2.22. The van der Waals surface area contributed by atoms with Crippen LogP contribution in [0.5, 0.6) is 0 Å². The van der Waals surface area contributed by atoms with Crippen LogP contribution in [0, 0.1) is 5.41 Å². The number of hydrogen-bond acceptors (Lipinski definition) is 4. The SMILES string of the molecule is CC1=CC2=C(COC2=O)C(=O)[C@@]23CC(C)(C)C[C@@]12O3. The summed E-state index contributed by atoms with van der Waals surface area (Å²) in [5.74, 6) is -0.416. The van der Waals surface area contributed by atoms with Crippen LogP contribution >= 0.6 is 0 Å². The van der Waals surface area contributed by atoms with Crippen LogP contribution < -0.4 is 0 Å². The Morgan fingerprint density at radius 3 is 2.58 bits per heavy atom. The van der Waals surface area contributed by atoms with E-state index in [9.17, 15) is 9.59 Å². The molecule has 4 nitrogen and oxygen atoms in total. The summed E-state index contributed by atoms with van der Waals surface area (Å²) >= 11 is 0. The van der Waals surface area contributed by atoms with Gasteiger partial charge in [0.1, 0.15) is 12.2 Å². The quantitative estimate of drug-likeness (QED) is 0.491. The average molecular weight is 260 g/mol. The number of cyclic esters (lactones) is 1. The third-order valence-electron chi connectivity index (χ3n) is 4.95. The molecule has 0 amide bonds. The van der Waals surface area contributed by atoms with Crippen LogP contribution in [0.15, 0.2) is 22.8 Å². The van der Waals surface area contributed by atoms with E-state index in [1.165, 1.54) is 0 Å². The first-order valence-corrected chi connectivity index (χ1v) is 6.65. The van der Waals surface area contributed by atoms with E-state index >= 15 is 0 Å². The first-order chi connectivity index (χ1) is 8.81. The Balaban J connectivity index is 1.91. The number of hydrogen-bond donors (Lipinski definition) is 0. The van der Waals surface area contributed by atoms with Crippen LogP contribution in [0.25, 0.3) is 0 Å². The Morgan fingerprint density at radius 2 is 1.84 bits per heavy atom. The molecule has 2 aliphatic heterocycles. The molecular weight excluding hydrogens is 244 g/mol.